The predicted molar refractivity (Wildman–Crippen MR) is 114 cm³/mol. The van der Waals surface area contributed by atoms with E-state index in [2.05, 4.69) is 36.3 Å². The van der Waals surface area contributed by atoms with Gasteiger partial charge >= 0.3 is 0 Å². The monoisotopic (exact) mass is 392 g/mol. The minimum Gasteiger partial charge on any atom is -0.497 e. The van der Waals surface area contributed by atoms with E-state index in [9.17, 15) is 0 Å². The van der Waals surface area contributed by atoms with Crippen molar-refractivity contribution in [1.29, 1.82) is 0 Å². The minimum atomic E-state index is -0.0109. The van der Waals surface area contributed by atoms with Crippen LogP contribution in [0, 0.1) is 0 Å². The van der Waals surface area contributed by atoms with E-state index in [-0.39, 0.29) is 11.6 Å². The lowest BCUT2D eigenvalue weighted by Gasteiger charge is -2.39. The normalized spacial score (nSPS) is 17.1. The van der Waals surface area contributed by atoms with Crippen molar-refractivity contribution >= 4 is 5.96 Å². The summed E-state index contributed by atoms with van der Waals surface area (Å²) in [4.78, 5) is 7.25. The van der Waals surface area contributed by atoms with Crippen LogP contribution in [0.3, 0.4) is 0 Å². The van der Waals surface area contributed by atoms with Crippen molar-refractivity contribution in [3.63, 3.8) is 0 Å². The van der Waals surface area contributed by atoms with Crippen molar-refractivity contribution in [1.82, 2.24) is 15.5 Å². The van der Waals surface area contributed by atoms with E-state index in [1.807, 2.05) is 31.2 Å². The highest BCUT2D eigenvalue weighted by Crippen LogP contribution is 2.20. The van der Waals surface area contributed by atoms with Gasteiger partial charge in [-0.3, -0.25) is 9.89 Å². The van der Waals surface area contributed by atoms with Gasteiger partial charge in [-0.2, -0.15) is 0 Å². The molecule has 2 rings (SSSR count). The van der Waals surface area contributed by atoms with Crippen LogP contribution in [0.5, 0.6) is 11.5 Å². The van der Waals surface area contributed by atoms with Crippen LogP contribution in [0.15, 0.2) is 29.3 Å². The van der Waals surface area contributed by atoms with Crippen molar-refractivity contribution in [2.24, 2.45) is 4.99 Å². The van der Waals surface area contributed by atoms with Crippen LogP contribution in [-0.2, 0) is 4.74 Å². The first-order valence-electron chi connectivity index (χ1n) is 10.1. The molecule has 0 radical (unpaired) electrons. The molecule has 0 bridgehead atoms. The number of ether oxygens (including phenoxy) is 3. The number of benzene rings is 1. The largest absolute Gasteiger partial charge is 0.497 e. The van der Waals surface area contributed by atoms with Crippen LogP contribution in [0.2, 0.25) is 0 Å². The SMILES string of the molecule is CCNC(=NCC(C)(C)N1CCOCC1)NCC(C)Oc1cccc(OC)c1. The van der Waals surface area contributed by atoms with Crippen LogP contribution in [0.25, 0.3) is 0 Å². The molecule has 1 heterocycles. The summed E-state index contributed by atoms with van der Waals surface area (Å²) in [6, 6.07) is 7.65. The molecule has 2 N–H and O–H groups in total. The standard InChI is InChI=1S/C21H36N4O3/c1-6-22-20(24-16-21(3,4)25-10-12-27-13-11-25)23-15-17(2)28-19-9-7-8-18(14-19)26-5/h7-9,14,17H,6,10-13,15-16H2,1-5H3,(H2,22,23,24). The molecule has 0 spiro atoms. The third-order valence-corrected chi connectivity index (χ3v) is 4.77. The number of methoxy groups -OCH3 is 1. The number of hydrogen-bond donors (Lipinski definition) is 2. The number of nitrogens with zero attached hydrogens (tertiary/aromatic N) is 2. The van der Waals surface area contributed by atoms with Gasteiger partial charge in [-0.15, -0.1) is 0 Å². The van der Waals surface area contributed by atoms with Crippen molar-refractivity contribution < 1.29 is 14.2 Å². The molecule has 1 aliphatic rings. The van der Waals surface area contributed by atoms with E-state index in [0.29, 0.717) is 13.1 Å². The molecule has 1 saturated heterocycles. The van der Waals surface area contributed by atoms with E-state index in [1.165, 1.54) is 0 Å². The average molecular weight is 393 g/mol. The lowest BCUT2D eigenvalue weighted by molar-refractivity contribution is -0.00684. The molecule has 1 atom stereocenters. The van der Waals surface area contributed by atoms with Gasteiger partial charge < -0.3 is 24.8 Å². The maximum Gasteiger partial charge on any atom is 0.191 e. The van der Waals surface area contributed by atoms with Gasteiger partial charge in [0.25, 0.3) is 0 Å². The fourth-order valence-electron chi connectivity index (χ4n) is 3.07. The zero-order chi connectivity index (χ0) is 20.4. The Bertz CT molecular complexity index is 615. The summed E-state index contributed by atoms with van der Waals surface area (Å²) in [5, 5.41) is 6.70. The topological polar surface area (TPSA) is 67.4 Å². The van der Waals surface area contributed by atoms with Crippen LogP contribution in [0.4, 0.5) is 0 Å². The van der Waals surface area contributed by atoms with E-state index >= 15 is 0 Å². The molecule has 1 aliphatic heterocycles. The van der Waals surface area contributed by atoms with E-state index < -0.39 is 0 Å². The highest BCUT2D eigenvalue weighted by Gasteiger charge is 2.28. The summed E-state index contributed by atoms with van der Waals surface area (Å²) < 4.78 is 16.7. The second-order valence-electron chi connectivity index (χ2n) is 7.60. The summed E-state index contributed by atoms with van der Waals surface area (Å²) >= 11 is 0. The van der Waals surface area contributed by atoms with Crippen molar-refractivity contribution in [2.75, 3.05) is 53.0 Å². The number of guanidine groups is 1. The summed E-state index contributed by atoms with van der Waals surface area (Å²) in [5.74, 6) is 2.40. The van der Waals surface area contributed by atoms with Crippen LogP contribution >= 0.6 is 0 Å². The Morgan fingerprint density at radius 2 is 1.96 bits per heavy atom. The van der Waals surface area contributed by atoms with E-state index in [4.69, 9.17) is 19.2 Å². The summed E-state index contributed by atoms with van der Waals surface area (Å²) in [7, 11) is 1.65. The van der Waals surface area contributed by atoms with Gasteiger partial charge in [-0.05, 0) is 39.8 Å². The maximum absolute atomic E-state index is 5.98. The maximum atomic E-state index is 5.98. The van der Waals surface area contributed by atoms with Gasteiger partial charge in [0.05, 0.1) is 33.4 Å². The molecule has 1 aromatic carbocycles. The number of nitrogens with one attached hydrogen (secondary N) is 2. The van der Waals surface area contributed by atoms with Crippen LogP contribution in [-0.4, -0.2) is 75.5 Å². The highest BCUT2D eigenvalue weighted by atomic mass is 16.5. The molecular weight excluding hydrogens is 356 g/mol. The first-order chi connectivity index (χ1) is 13.4. The first-order valence-corrected chi connectivity index (χ1v) is 10.1. The van der Waals surface area contributed by atoms with Crippen molar-refractivity contribution in [3.05, 3.63) is 24.3 Å². The molecule has 0 aromatic heterocycles. The molecule has 28 heavy (non-hydrogen) atoms. The Morgan fingerprint density at radius 1 is 1.25 bits per heavy atom. The van der Waals surface area contributed by atoms with Gasteiger partial charge in [-0.25, -0.2) is 0 Å². The lowest BCUT2D eigenvalue weighted by Crippen LogP contribution is -2.52. The molecule has 7 nitrogen and oxygen atoms in total. The van der Waals surface area contributed by atoms with Gasteiger partial charge in [0.15, 0.2) is 5.96 Å². The Kier molecular flexibility index (Phi) is 8.86. The lowest BCUT2D eigenvalue weighted by atomic mass is 10.0. The molecule has 158 valence electrons. The number of rotatable bonds is 9. The Balaban J connectivity index is 1.87. The Hall–Kier alpha value is -1.99. The number of aliphatic imine (C=N–C) groups is 1. The van der Waals surface area contributed by atoms with E-state index in [0.717, 1.165) is 50.3 Å². The van der Waals surface area contributed by atoms with Crippen molar-refractivity contribution in [3.8, 4) is 11.5 Å². The molecule has 0 amide bonds. The average Bonchev–Trinajstić information content (AvgIpc) is 2.71. The quantitative estimate of drug-likeness (QED) is 0.496. The molecular formula is C21H36N4O3. The Morgan fingerprint density at radius 3 is 2.64 bits per heavy atom. The molecule has 1 unspecified atom stereocenters. The fraction of sp³-hybridized carbons (Fsp3) is 0.667. The minimum absolute atomic E-state index is 0.00512. The third kappa shape index (κ3) is 7.20. The molecule has 1 fully saturated rings. The molecule has 0 aliphatic carbocycles. The van der Waals surface area contributed by atoms with Crippen molar-refractivity contribution in [2.45, 2.75) is 39.3 Å². The first kappa shape index (κ1) is 22.3. The summed E-state index contributed by atoms with van der Waals surface area (Å²) in [6.45, 7) is 14.3. The number of morpholine rings is 1. The third-order valence-electron chi connectivity index (χ3n) is 4.77. The number of hydrogen-bond acceptors (Lipinski definition) is 5. The predicted octanol–water partition coefficient (Wildman–Crippen LogP) is 2.13. The fourth-order valence-corrected chi connectivity index (χ4v) is 3.07. The molecule has 7 heteroatoms. The highest BCUT2D eigenvalue weighted by molar-refractivity contribution is 5.79. The smallest absolute Gasteiger partial charge is 0.191 e. The summed E-state index contributed by atoms with van der Waals surface area (Å²) in [5.41, 5.74) is -0.00512. The van der Waals surface area contributed by atoms with Gasteiger partial charge in [0.1, 0.15) is 17.6 Å². The van der Waals surface area contributed by atoms with Gasteiger partial charge in [-0.1, -0.05) is 6.07 Å². The second kappa shape index (κ2) is 11.1. The zero-order valence-electron chi connectivity index (χ0n) is 18.0. The summed E-state index contributed by atoms with van der Waals surface area (Å²) in [6.07, 6.45) is -0.0109. The molecule has 0 saturated carbocycles. The second-order valence-corrected chi connectivity index (χ2v) is 7.60. The molecule has 1 aromatic rings. The van der Waals surface area contributed by atoms with Gasteiger partial charge in [0, 0.05) is 31.2 Å². The zero-order valence-corrected chi connectivity index (χ0v) is 18.0. The van der Waals surface area contributed by atoms with E-state index in [1.54, 1.807) is 7.11 Å². The Labute approximate surface area is 169 Å². The van der Waals surface area contributed by atoms with Crippen LogP contribution in [0.1, 0.15) is 27.7 Å². The van der Waals surface area contributed by atoms with Gasteiger partial charge in [0.2, 0.25) is 0 Å². The van der Waals surface area contributed by atoms with Crippen LogP contribution < -0.4 is 20.1 Å².